The van der Waals surface area contributed by atoms with Crippen LogP contribution in [0.1, 0.15) is 25.3 Å². The number of H-pyrrole nitrogens is 1. The first-order chi connectivity index (χ1) is 10.6. The highest BCUT2D eigenvalue weighted by atomic mass is 16.6. The number of para-hydroxylation sites is 1. The number of pyridine rings is 1. The minimum Gasteiger partial charge on any atom is -0.459 e. The summed E-state index contributed by atoms with van der Waals surface area (Å²) in [6.07, 6.45) is 1.75. The van der Waals surface area contributed by atoms with E-state index in [0.29, 0.717) is 18.1 Å². The Bertz CT molecular complexity index is 733. The molecule has 22 heavy (non-hydrogen) atoms. The van der Waals surface area contributed by atoms with Gasteiger partial charge in [0.25, 0.3) is 5.56 Å². The Morgan fingerprint density at radius 1 is 1.36 bits per heavy atom. The molecule has 0 spiro atoms. The van der Waals surface area contributed by atoms with Crippen molar-refractivity contribution >= 4 is 16.9 Å². The number of aromatic nitrogens is 1. The molecule has 0 aliphatic heterocycles. The summed E-state index contributed by atoms with van der Waals surface area (Å²) in [4.78, 5) is 26.6. The van der Waals surface area contributed by atoms with Crippen molar-refractivity contribution in [1.82, 2.24) is 4.98 Å². The van der Waals surface area contributed by atoms with Crippen LogP contribution >= 0.6 is 0 Å². The van der Waals surface area contributed by atoms with Gasteiger partial charge in [-0.1, -0.05) is 18.2 Å². The molecule has 1 aliphatic carbocycles. The molecule has 1 aliphatic rings. The highest BCUT2D eigenvalue weighted by Gasteiger charge is 2.24. The smallest absolute Gasteiger partial charge is 0.335 e. The predicted octanol–water partition coefficient (Wildman–Crippen LogP) is 2.39. The Morgan fingerprint density at radius 2 is 2.14 bits per heavy atom. The van der Waals surface area contributed by atoms with E-state index in [1.165, 1.54) is 12.8 Å². The van der Waals surface area contributed by atoms with Gasteiger partial charge in [-0.3, -0.25) is 4.79 Å². The van der Waals surface area contributed by atoms with Crippen molar-refractivity contribution in [3.05, 3.63) is 46.2 Å². The lowest BCUT2D eigenvalue weighted by molar-refractivity contribution is -0.157. The maximum absolute atomic E-state index is 12.0. The van der Waals surface area contributed by atoms with Crippen LogP contribution in [-0.2, 0) is 20.9 Å². The highest BCUT2D eigenvalue weighted by Crippen LogP contribution is 2.29. The number of carbonyl (C=O) groups is 1. The Balaban J connectivity index is 1.61. The molecule has 1 N–H and O–H groups in total. The Hall–Kier alpha value is -2.14. The second-order valence-electron chi connectivity index (χ2n) is 5.74. The fourth-order valence-corrected chi connectivity index (χ4v) is 2.20. The third-order valence-electron chi connectivity index (χ3n) is 3.81. The second kappa shape index (κ2) is 6.32. The van der Waals surface area contributed by atoms with Crippen molar-refractivity contribution in [2.45, 2.75) is 32.5 Å². The van der Waals surface area contributed by atoms with Crippen LogP contribution in [0.25, 0.3) is 10.9 Å². The molecule has 1 fully saturated rings. The van der Waals surface area contributed by atoms with Gasteiger partial charge in [0, 0.05) is 5.52 Å². The molecule has 0 amide bonds. The first-order valence-corrected chi connectivity index (χ1v) is 7.52. The van der Waals surface area contributed by atoms with E-state index < -0.39 is 12.1 Å². The maximum Gasteiger partial charge on any atom is 0.335 e. The van der Waals surface area contributed by atoms with Crippen molar-refractivity contribution in [3.63, 3.8) is 0 Å². The number of rotatable bonds is 6. The fourth-order valence-electron chi connectivity index (χ4n) is 2.20. The molecule has 0 radical (unpaired) electrons. The number of fused-ring (bicyclic) bond motifs is 1. The van der Waals surface area contributed by atoms with Crippen LogP contribution in [0, 0.1) is 5.92 Å². The van der Waals surface area contributed by atoms with Crippen LogP contribution in [0.4, 0.5) is 0 Å². The molecule has 3 rings (SSSR count). The summed E-state index contributed by atoms with van der Waals surface area (Å²) >= 11 is 0. The van der Waals surface area contributed by atoms with Gasteiger partial charge in [-0.05, 0) is 43.2 Å². The molecule has 5 nitrogen and oxygen atoms in total. The van der Waals surface area contributed by atoms with Crippen molar-refractivity contribution in [3.8, 4) is 0 Å². The van der Waals surface area contributed by atoms with Gasteiger partial charge in [-0.2, -0.15) is 0 Å². The third kappa shape index (κ3) is 3.54. The molecule has 0 bridgehead atoms. The Kier molecular flexibility index (Phi) is 4.24. The quantitative estimate of drug-likeness (QED) is 0.832. The lowest BCUT2D eigenvalue weighted by Gasteiger charge is -2.12. The second-order valence-corrected chi connectivity index (χ2v) is 5.74. The van der Waals surface area contributed by atoms with Crippen LogP contribution in [0.15, 0.2) is 35.1 Å². The molecule has 1 atom stereocenters. The SMILES string of the molecule is CC(OCC1CC1)C(=O)OCc1cc2ccccc2[nH]c1=O. The molecular formula is C17H19NO4. The largest absolute Gasteiger partial charge is 0.459 e. The van der Waals surface area contributed by atoms with E-state index in [-0.39, 0.29) is 12.2 Å². The van der Waals surface area contributed by atoms with Crippen LogP contribution in [0.2, 0.25) is 0 Å². The van der Waals surface area contributed by atoms with Crippen molar-refractivity contribution in [2.24, 2.45) is 5.92 Å². The van der Waals surface area contributed by atoms with Gasteiger partial charge in [0.05, 0.1) is 12.2 Å². The Labute approximate surface area is 128 Å². The minimum atomic E-state index is -0.597. The number of hydrogen-bond acceptors (Lipinski definition) is 4. The first kappa shape index (κ1) is 14.8. The number of hydrogen-bond donors (Lipinski definition) is 1. The zero-order valence-electron chi connectivity index (χ0n) is 12.5. The van der Waals surface area contributed by atoms with Gasteiger partial charge < -0.3 is 14.5 Å². The van der Waals surface area contributed by atoms with E-state index in [1.807, 2.05) is 24.3 Å². The average Bonchev–Trinajstić information content (AvgIpc) is 3.34. The standard InChI is InChI=1S/C17H19NO4/c1-11(21-9-12-6-7-12)17(20)22-10-14-8-13-4-2-3-5-15(13)18-16(14)19/h2-5,8,11-12H,6-7,9-10H2,1H3,(H,18,19). The van der Waals surface area contributed by atoms with Crippen LogP contribution in [0.5, 0.6) is 0 Å². The number of benzene rings is 1. The van der Waals surface area contributed by atoms with Crippen molar-refractivity contribution < 1.29 is 14.3 Å². The van der Waals surface area contributed by atoms with Gasteiger partial charge in [0.2, 0.25) is 0 Å². The van der Waals surface area contributed by atoms with Gasteiger partial charge in [-0.15, -0.1) is 0 Å². The van der Waals surface area contributed by atoms with Crippen molar-refractivity contribution in [2.75, 3.05) is 6.61 Å². The number of aromatic amines is 1. The molecule has 1 aromatic carbocycles. The summed E-state index contributed by atoms with van der Waals surface area (Å²) < 4.78 is 10.6. The molecule has 1 aromatic heterocycles. The lowest BCUT2D eigenvalue weighted by atomic mass is 10.1. The topological polar surface area (TPSA) is 68.4 Å². The molecule has 0 saturated heterocycles. The number of ether oxygens (including phenoxy) is 2. The zero-order chi connectivity index (χ0) is 15.5. The van der Waals surface area contributed by atoms with Crippen LogP contribution in [0.3, 0.4) is 0 Å². The predicted molar refractivity (Wildman–Crippen MR) is 82.5 cm³/mol. The summed E-state index contributed by atoms with van der Waals surface area (Å²) in [6, 6.07) is 9.23. The minimum absolute atomic E-state index is 0.0455. The normalized spacial score (nSPS) is 15.7. The van der Waals surface area contributed by atoms with Crippen LogP contribution < -0.4 is 5.56 Å². The number of esters is 1. The molecule has 1 heterocycles. The monoisotopic (exact) mass is 301 g/mol. The molecule has 2 aromatic rings. The van der Waals surface area contributed by atoms with E-state index in [2.05, 4.69) is 4.98 Å². The van der Waals surface area contributed by atoms with Gasteiger partial charge in [-0.25, -0.2) is 4.79 Å². The van der Waals surface area contributed by atoms with Gasteiger partial charge in [0.1, 0.15) is 6.61 Å². The zero-order valence-corrected chi connectivity index (χ0v) is 12.5. The van der Waals surface area contributed by atoms with Crippen molar-refractivity contribution in [1.29, 1.82) is 0 Å². The Morgan fingerprint density at radius 3 is 2.91 bits per heavy atom. The summed E-state index contributed by atoms with van der Waals surface area (Å²) in [5.41, 5.74) is 0.961. The van der Waals surface area contributed by atoms with Crippen LogP contribution in [-0.4, -0.2) is 23.7 Å². The first-order valence-electron chi connectivity index (χ1n) is 7.52. The molecule has 5 heteroatoms. The van der Waals surface area contributed by atoms with E-state index in [4.69, 9.17) is 9.47 Å². The third-order valence-corrected chi connectivity index (χ3v) is 3.81. The lowest BCUT2D eigenvalue weighted by Crippen LogP contribution is -2.25. The fraction of sp³-hybridized carbons (Fsp3) is 0.412. The highest BCUT2D eigenvalue weighted by molar-refractivity contribution is 5.79. The summed E-state index contributed by atoms with van der Waals surface area (Å²) in [5.74, 6) is 0.159. The van der Waals surface area contributed by atoms with E-state index in [0.717, 1.165) is 10.9 Å². The van der Waals surface area contributed by atoms with Gasteiger partial charge in [0.15, 0.2) is 6.10 Å². The molecular weight excluding hydrogens is 282 g/mol. The summed E-state index contributed by atoms with van der Waals surface area (Å²) in [7, 11) is 0. The maximum atomic E-state index is 12.0. The molecule has 1 unspecified atom stereocenters. The summed E-state index contributed by atoms with van der Waals surface area (Å²) in [6.45, 7) is 2.23. The van der Waals surface area contributed by atoms with E-state index in [9.17, 15) is 9.59 Å². The average molecular weight is 301 g/mol. The number of carbonyl (C=O) groups excluding carboxylic acids is 1. The molecule has 116 valence electrons. The summed E-state index contributed by atoms with van der Waals surface area (Å²) in [5, 5.41) is 0.909. The van der Waals surface area contributed by atoms with E-state index >= 15 is 0 Å². The molecule has 1 saturated carbocycles. The van der Waals surface area contributed by atoms with E-state index in [1.54, 1.807) is 13.0 Å². The van der Waals surface area contributed by atoms with Gasteiger partial charge >= 0.3 is 5.97 Å². The number of nitrogens with one attached hydrogen (secondary N) is 1.